The number of hydrogen-bond donors (Lipinski definition) is 1. The average Bonchev–Trinajstić information content (AvgIpc) is 3.17. The second-order valence-electron chi connectivity index (χ2n) is 6.44. The Bertz CT molecular complexity index is 883. The number of anilines is 1. The molecule has 1 N–H and O–H groups in total. The number of nitrogens with zero attached hydrogens (tertiary/aromatic N) is 1. The second-order valence-corrected chi connectivity index (χ2v) is 7.25. The van der Waals surface area contributed by atoms with E-state index in [-0.39, 0.29) is 11.8 Å². The fraction of sp³-hybridized carbons (Fsp3) is 0.238. The van der Waals surface area contributed by atoms with Crippen LogP contribution in [0, 0.1) is 6.92 Å². The summed E-state index contributed by atoms with van der Waals surface area (Å²) in [7, 11) is 0. The van der Waals surface area contributed by atoms with Gasteiger partial charge in [-0.25, -0.2) is 0 Å². The molecular formula is C21H20Cl2N2O2. The summed E-state index contributed by atoms with van der Waals surface area (Å²) < 4.78 is 0. The minimum absolute atomic E-state index is 0.0134. The highest BCUT2D eigenvalue weighted by Crippen LogP contribution is 2.26. The molecule has 27 heavy (non-hydrogen) atoms. The lowest BCUT2D eigenvalue weighted by Crippen LogP contribution is -2.28. The summed E-state index contributed by atoms with van der Waals surface area (Å²) in [4.78, 5) is 26.8. The van der Waals surface area contributed by atoms with Crippen LogP contribution in [0.1, 0.15) is 34.3 Å². The van der Waals surface area contributed by atoms with Crippen molar-refractivity contribution in [3.05, 3.63) is 69.2 Å². The second kappa shape index (κ2) is 8.59. The van der Waals surface area contributed by atoms with Gasteiger partial charge in [0.05, 0.1) is 0 Å². The van der Waals surface area contributed by atoms with Gasteiger partial charge in [0, 0.05) is 46.0 Å². The Hall–Kier alpha value is -2.30. The number of benzene rings is 2. The maximum Gasteiger partial charge on any atom is 0.254 e. The fourth-order valence-corrected chi connectivity index (χ4v) is 3.62. The molecule has 0 bridgehead atoms. The highest BCUT2D eigenvalue weighted by Gasteiger charge is 2.21. The van der Waals surface area contributed by atoms with E-state index in [1.165, 1.54) is 6.08 Å². The Morgan fingerprint density at radius 1 is 1.04 bits per heavy atom. The van der Waals surface area contributed by atoms with Crippen LogP contribution < -0.4 is 5.32 Å². The van der Waals surface area contributed by atoms with Crippen LogP contribution in [0.5, 0.6) is 0 Å². The molecule has 6 heteroatoms. The van der Waals surface area contributed by atoms with Crippen molar-refractivity contribution in [2.75, 3.05) is 18.4 Å². The van der Waals surface area contributed by atoms with E-state index in [1.807, 2.05) is 11.8 Å². The summed E-state index contributed by atoms with van der Waals surface area (Å²) in [6.07, 6.45) is 5.03. The van der Waals surface area contributed by atoms with Gasteiger partial charge in [-0.05, 0) is 55.7 Å². The first kappa shape index (κ1) is 19.5. The van der Waals surface area contributed by atoms with Crippen LogP contribution in [0.3, 0.4) is 0 Å². The van der Waals surface area contributed by atoms with Crippen molar-refractivity contribution in [2.24, 2.45) is 0 Å². The average molecular weight is 403 g/mol. The first-order valence-electron chi connectivity index (χ1n) is 8.79. The minimum atomic E-state index is -0.320. The summed E-state index contributed by atoms with van der Waals surface area (Å²) in [6, 6.07) is 10.5. The van der Waals surface area contributed by atoms with E-state index in [0.717, 1.165) is 31.5 Å². The quantitative estimate of drug-likeness (QED) is 0.715. The van der Waals surface area contributed by atoms with Crippen LogP contribution in [0.4, 0.5) is 5.69 Å². The van der Waals surface area contributed by atoms with E-state index in [2.05, 4.69) is 5.32 Å². The van der Waals surface area contributed by atoms with Gasteiger partial charge in [0.25, 0.3) is 5.91 Å². The number of halogens is 2. The molecule has 1 saturated heterocycles. The highest BCUT2D eigenvalue weighted by molar-refractivity contribution is 6.37. The molecule has 0 unspecified atom stereocenters. The van der Waals surface area contributed by atoms with Gasteiger partial charge >= 0.3 is 0 Å². The van der Waals surface area contributed by atoms with Crippen molar-refractivity contribution in [2.45, 2.75) is 19.8 Å². The summed E-state index contributed by atoms with van der Waals surface area (Å²) in [5, 5.41) is 3.77. The van der Waals surface area contributed by atoms with Gasteiger partial charge < -0.3 is 10.2 Å². The van der Waals surface area contributed by atoms with Crippen LogP contribution in [0.15, 0.2) is 42.5 Å². The molecule has 0 saturated carbocycles. The molecule has 0 spiro atoms. The molecule has 0 aliphatic carbocycles. The van der Waals surface area contributed by atoms with E-state index in [1.54, 1.807) is 42.5 Å². The number of rotatable bonds is 4. The van der Waals surface area contributed by atoms with Crippen LogP contribution in [0.2, 0.25) is 10.0 Å². The van der Waals surface area contributed by atoms with Crippen LogP contribution in [-0.2, 0) is 4.79 Å². The zero-order chi connectivity index (χ0) is 19.4. The molecule has 1 aliphatic heterocycles. The van der Waals surface area contributed by atoms with E-state index < -0.39 is 0 Å². The van der Waals surface area contributed by atoms with Gasteiger partial charge in [-0.1, -0.05) is 35.3 Å². The van der Waals surface area contributed by atoms with Crippen molar-refractivity contribution in [1.29, 1.82) is 0 Å². The Morgan fingerprint density at radius 2 is 1.67 bits per heavy atom. The van der Waals surface area contributed by atoms with E-state index in [4.69, 9.17) is 23.2 Å². The van der Waals surface area contributed by atoms with Crippen molar-refractivity contribution in [1.82, 2.24) is 4.90 Å². The van der Waals surface area contributed by atoms with Gasteiger partial charge in [0.15, 0.2) is 0 Å². The van der Waals surface area contributed by atoms with Crippen LogP contribution in [-0.4, -0.2) is 29.8 Å². The molecule has 140 valence electrons. The topological polar surface area (TPSA) is 49.4 Å². The number of nitrogens with one attached hydrogen (secondary N) is 1. The lowest BCUT2D eigenvalue weighted by atomic mass is 10.1. The van der Waals surface area contributed by atoms with Crippen molar-refractivity contribution < 1.29 is 9.59 Å². The normalized spacial score (nSPS) is 14.0. The molecule has 4 nitrogen and oxygen atoms in total. The van der Waals surface area contributed by atoms with E-state index >= 15 is 0 Å². The van der Waals surface area contributed by atoms with Gasteiger partial charge in [0.1, 0.15) is 0 Å². The maximum absolute atomic E-state index is 12.7. The summed E-state index contributed by atoms with van der Waals surface area (Å²) >= 11 is 12.2. The third-order valence-corrected chi connectivity index (χ3v) is 5.28. The lowest BCUT2D eigenvalue weighted by molar-refractivity contribution is -0.111. The molecule has 1 heterocycles. The highest BCUT2D eigenvalue weighted by atomic mass is 35.5. The van der Waals surface area contributed by atoms with Gasteiger partial charge in [0.2, 0.25) is 5.91 Å². The predicted octanol–water partition coefficient (Wildman–Crippen LogP) is 5.19. The van der Waals surface area contributed by atoms with Crippen LogP contribution in [0.25, 0.3) is 6.08 Å². The minimum Gasteiger partial charge on any atom is -0.339 e. The van der Waals surface area contributed by atoms with Gasteiger partial charge in [-0.2, -0.15) is 0 Å². The van der Waals surface area contributed by atoms with Gasteiger partial charge in [-0.15, -0.1) is 0 Å². The maximum atomic E-state index is 12.7. The third kappa shape index (κ3) is 4.52. The molecule has 0 atom stereocenters. The third-order valence-electron chi connectivity index (χ3n) is 4.62. The summed E-state index contributed by atoms with van der Waals surface area (Å²) in [5.74, 6) is -0.306. The number of carbonyl (C=O) groups excluding carboxylic acids is 2. The molecule has 2 amide bonds. The Balaban J connectivity index is 1.75. The molecule has 0 aromatic heterocycles. The predicted molar refractivity (Wildman–Crippen MR) is 110 cm³/mol. The number of carbonyl (C=O) groups is 2. The Morgan fingerprint density at radius 3 is 2.33 bits per heavy atom. The van der Waals surface area contributed by atoms with Crippen molar-refractivity contribution >= 4 is 46.8 Å². The van der Waals surface area contributed by atoms with Crippen LogP contribution >= 0.6 is 23.2 Å². The number of likely N-dealkylation sites (tertiary alicyclic amines) is 1. The largest absolute Gasteiger partial charge is 0.339 e. The standard InChI is InChI=1S/C21H20Cl2N2O2/c1-14-15(21(27)25-12-2-3-13-25)6-4-9-19(14)24-20(26)11-10-16-17(22)7-5-8-18(16)23/h4-11H,2-3,12-13H2,1H3,(H,24,26)/b11-10+. The molecule has 2 aromatic rings. The number of hydrogen-bond acceptors (Lipinski definition) is 2. The Labute approximate surface area is 168 Å². The zero-order valence-electron chi connectivity index (χ0n) is 15.0. The summed E-state index contributed by atoms with van der Waals surface area (Å²) in [6.45, 7) is 3.42. The number of amides is 2. The lowest BCUT2D eigenvalue weighted by Gasteiger charge is -2.18. The molecule has 1 aliphatic rings. The fourth-order valence-electron chi connectivity index (χ4n) is 3.10. The van der Waals surface area contributed by atoms with Crippen molar-refractivity contribution in [3.8, 4) is 0 Å². The smallest absolute Gasteiger partial charge is 0.254 e. The SMILES string of the molecule is Cc1c(NC(=O)/C=C/c2c(Cl)cccc2Cl)cccc1C(=O)N1CCCC1. The summed E-state index contributed by atoms with van der Waals surface area (Å²) in [5.41, 5.74) is 2.57. The van der Waals surface area contributed by atoms with Crippen molar-refractivity contribution in [3.63, 3.8) is 0 Å². The molecule has 2 aromatic carbocycles. The van der Waals surface area contributed by atoms with Gasteiger partial charge in [-0.3, -0.25) is 9.59 Å². The first-order valence-corrected chi connectivity index (χ1v) is 9.55. The molecular weight excluding hydrogens is 383 g/mol. The monoisotopic (exact) mass is 402 g/mol. The zero-order valence-corrected chi connectivity index (χ0v) is 16.5. The van der Waals surface area contributed by atoms with E-state index in [0.29, 0.717) is 26.9 Å². The molecule has 1 fully saturated rings. The molecule has 0 radical (unpaired) electrons. The van der Waals surface area contributed by atoms with E-state index in [9.17, 15) is 9.59 Å². The Kier molecular flexibility index (Phi) is 6.19. The first-order chi connectivity index (χ1) is 13.0. The molecule has 3 rings (SSSR count).